The number of pyridine rings is 1. The van der Waals surface area contributed by atoms with Gasteiger partial charge in [-0.1, -0.05) is 28.5 Å². The molecule has 0 fully saturated rings. The van der Waals surface area contributed by atoms with Crippen LogP contribution in [0.15, 0.2) is 53.6 Å². The van der Waals surface area contributed by atoms with E-state index in [0.717, 1.165) is 5.56 Å². The van der Waals surface area contributed by atoms with E-state index in [1.165, 1.54) is 16.9 Å². The summed E-state index contributed by atoms with van der Waals surface area (Å²) in [6, 6.07) is 11.2. The van der Waals surface area contributed by atoms with Crippen LogP contribution >= 0.6 is 0 Å². The summed E-state index contributed by atoms with van der Waals surface area (Å²) in [5, 5.41) is 0. The van der Waals surface area contributed by atoms with Crippen LogP contribution in [0.2, 0.25) is 0 Å². The number of nitrogens with zero attached hydrogens (tertiary/aromatic N) is 1. The Morgan fingerprint density at radius 2 is 1.75 bits per heavy atom. The lowest BCUT2D eigenvalue weighted by Gasteiger charge is -2.05. The molecular formula is C13H16N2O4S. The molecule has 2 rings (SSSR count). The second-order valence-electron chi connectivity index (χ2n) is 3.90. The Morgan fingerprint density at radius 1 is 1.15 bits per heavy atom. The first-order chi connectivity index (χ1) is 9.34. The number of nitrogen functional groups attached to an aromatic ring is 1. The highest BCUT2D eigenvalue weighted by Gasteiger charge is 1.98. The summed E-state index contributed by atoms with van der Waals surface area (Å²) in [4.78, 5) is 4.66. The average Bonchev–Trinajstić information content (AvgIpc) is 2.39. The van der Waals surface area contributed by atoms with E-state index in [-0.39, 0.29) is 4.90 Å². The van der Waals surface area contributed by atoms with Gasteiger partial charge in [0.15, 0.2) is 0 Å². The minimum absolute atomic E-state index is 0.178. The number of aromatic nitrogens is 1. The minimum atomic E-state index is -4.27. The number of anilines is 1. The molecule has 0 saturated carbocycles. The molecule has 0 unspecified atom stereocenters. The lowest BCUT2D eigenvalue weighted by molar-refractivity contribution is -0.874. The van der Waals surface area contributed by atoms with Gasteiger partial charge in [0.05, 0.1) is 4.90 Å². The molecule has 0 bridgehead atoms. The number of nitrogens with two attached hydrogens (primary N) is 1. The van der Waals surface area contributed by atoms with E-state index in [1.54, 1.807) is 31.5 Å². The van der Waals surface area contributed by atoms with Crippen LogP contribution in [0.1, 0.15) is 5.56 Å². The third kappa shape index (κ3) is 4.87. The van der Waals surface area contributed by atoms with Gasteiger partial charge in [0.2, 0.25) is 0 Å². The molecule has 2 aromatic rings. The fourth-order valence-electron chi connectivity index (χ4n) is 1.31. The third-order valence-electron chi connectivity index (χ3n) is 2.36. The summed E-state index contributed by atoms with van der Waals surface area (Å²) in [7, 11) is -2.70. The fraction of sp³-hybridized carbons (Fsp3) is 0.154. The Bertz CT molecular complexity index is 654. The number of hydrogen-bond acceptors (Lipinski definition) is 5. The van der Waals surface area contributed by atoms with Crippen LogP contribution in [-0.2, 0) is 10.1 Å². The Morgan fingerprint density at radius 3 is 2.15 bits per heavy atom. The molecule has 1 aromatic carbocycles. The van der Waals surface area contributed by atoms with Gasteiger partial charge >= 0.3 is 5.82 Å². The van der Waals surface area contributed by atoms with Crippen molar-refractivity contribution < 1.29 is 22.5 Å². The van der Waals surface area contributed by atoms with E-state index < -0.39 is 10.1 Å². The van der Waals surface area contributed by atoms with E-state index in [2.05, 4.69) is 0 Å². The van der Waals surface area contributed by atoms with E-state index in [1.807, 2.05) is 19.1 Å². The zero-order valence-corrected chi connectivity index (χ0v) is 12.0. The van der Waals surface area contributed by atoms with Gasteiger partial charge in [-0.3, -0.25) is 5.73 Å². The van der Waals surface area contributed by atoms with Gasteiger partial charge in [-0.2, -0.15) is 0 Å². The first-order valence-corrected chi connectivity index (χ1v) is 7.08. The normalized spacial score (nSPS) is 10.3. The molecule has 7 heteroatoms. The van der Waals surface area contributed by atoms with Crippen LogP contribution in [0, 0.1) is 6.92 Å². The summed E-state index contributed by atoms with van der Waals surface area (Å²) in [5.41, 5.74) is 6.40. The zero-order chi connectivity index (χ0) is 15.2. The van der Waals surface area contributed by atoms with Gasteiger partial charge in [-0.15, -0.1) is 0 Å². The number of hydrogen-bond donors (Lipinski definition) is 1. The molecule has 108 valence electrons. The predicted molar refractivity (Wildman–Crippen MR) is 72.7 cm³/mol. The Hall–Kier alpha value is -2.12. The standard InChI is InChI=1S/C7H8O3S.C6H8N2O/c1-6-2-4-7(5-3-6)11(8,9)10;1-9-8-5-3-2-4-6(8)7/h2-5H,1H3,(H,8,9,10);2-5,7H,1H3. The van der Waals surface area contributed by atoms with Crippen LogP contribution in [0.3, 0.4) is 0 Å². The minimum Gasteiger partial charge on any atom is -0.744 e. The largest absolute Gasteiger partial charge is 0.744 e. The van der Waals surface area contributed by atoms with Crippen molar-refractivity contribution in [3.05, 3.63) is 54.2 Å². The molecule has 0 amide bonds. The average molecular weight is 296 g/mol. The molecule has 6 nitrogen and oxygen atoms in total. The van der Waals surface area contributed by atoms with Crippen molar-refractivity contribution >= 4 is 15.9 Å². The quantitative estimate of drug-likeness (QED) is 0.643. The van der Waals surface area contributed by atoms with Crippen LogP contribution < -0.4 is 15.3 Å². The molecule has 2 N–H and O–H groups in total. The summed E-state index contributed by atoms with van der Waals surface area (Å²) in [6.07, 6.45) is 1.75. The Kier molecular flexibility index (Phi) is 5.48. The van der Waals surface area contributed by atoms with Gasteiger partial charge in [0.25, 0.3) is 0 Å². The third-order valence-corrected chi connectivity index (χ3v) is 3.21. The highest BCUT2D eigenvalue weighted by atomic mass is 32.2. The van der Waals surface area contributed by atoms with Gasteiger partial charge in [-0.05, 0) is 25.1 Å². The van der Waals surface area contributed by atoms with Gasteiger partial charge in [0.1, 0.15) is 23.4 Å². The molecule has 0 radical (unpaired) electrons. The van der Waals surface area contributed by atoms with Crippen molar-refractivity contribution in [2.45, 2.75) is 11.8 Å². The van der Waals surface area contributed by atoms with Gasteiger partial charge < -0.3 is 9.39 Å². The zero-order valence-electron chi connectivity index (χ0n) is 11.2. The van der Waals surface area contributed by atoms with Crippen LogP contribution in [0.25, 0.3) is 0 Å². The molecule has 1 aromatic heterocycles. The second kappa shape index (κ2) is 6.88. The van der Waals surface area contributed by atoms with Gasteiger partial charge in [-0.25, -0.2) is 8.42 Å². The van der Waals surface area contributed by atoms with Crippen molar-refractivity contribution in [1.82, 2.24) is 0 Å². The van der Waals surface area contributed by atoms with Crippen LogP contribution in [0.5, 0.6) is 0 Å². The number of benzene rings is 1. The van der Waals surface area contributed by atoms with E-state index in [0.29, 0.717) is 5.82 Å². The van der Waals surface area contributed by atoms with Crippen molar-refractivity contribution in [3.8, 4) is 0 Å². The van der Waals surface area contributed by atoms with Crippen LogP contribution in [-0.4, -0.2) is 20.1 Å². The van der Waals surface area contributed by atoms with Crippen LogP contribution in [0.4, 0.5) is 5.82 Å². The maximum atomic E-state index is 10.4. The number of rotatable bonds is 2. The van der Waals surface area contributed by atoms with Crippen molar-refractivity contribution in [3.63, 3.8) is 0 Å². The van der Waals surface area contributed by atoms with E-state index in [9.17, 15) is 13.0 Å². The van der Waals surface area contributed by atoms with E-state index >= 15 is 0 Å². The second-order valence-corrected chi connectivity index (χ2v) is 5.28. The van der Waals surface area contributed by atoms with Crippen molar-refractivity contribution in [1.29, 1.82) is 0 Å². The molecule has 0 aliphatic heterocycles. The highest BCUT2D eigenvalue weighted by Crippen LogP contribution is 2.08. The van der Waals surface area contributed by atoms with Gasteiger partial charge in [0, 0.05) is 6.07 Å². The highest BCUT2D eigenvalue weighted by molar-refractivity contribution is 7.85. The predicted octanol–water partition coefficient (Wildman–Crippen LogP) is 0.514. The summed E-state index contributed by atoms with van der Waals surface area (Å²) in [6.45, 7) is 1.82. The molecule has 0 aliphatic carbocycles. The SMILES string of the molecule is CO[n+]1ccccc1N.Cc1ccc(S(=O)(=O)[O-])cc1. The summed E-state index contributed by atoms with van der Waals surface area (Å²) >= 11 is 0. The fourth-order valence-corrected chi connectivity index (χ4v) is 1.78. The first-order valence-electron chi connectivity index (χ1n) is 5.68. The molecule has 0 aliphatic rings. The van der Waals surface area contributed by atoms with E-state index in [4.69, 9.17) is 10.6 Å². The summed E-state index contributed by atoms with van der Waals surface area (Å²) in [5.74, 6) is 0.597. The maximum Gasteiger partial charge on any atom is 0.311 e. The first kappa shape index (κ1) is 15.9. The lowest BCUT2D eigenvalue weighted by Crippen LogP contribution is -2.42. The maximum absolute atomic E-state index is 10.4. The Balaban J connectivity index is 0.000000204. The monoisotopic (exact) mass is 296 g/mol. The molecule has 0 spiro atoms. The molecule has 0 atom stereocenters. The molecule has 20 heavy (non-hydrogen) atoms. The van der Waals surface area contributed by atoms with Crippen molar-refractivity contribution in [2.24, 2.45) is 0 Å². The smallest absolute Gasteiger partial charge is 0.311 e. The van der Waals surface area contributed by atoms with Crippen molar-refractivity contribution in [2.75, 3.05) is 12.8 Å². The molecular weight excluding hydrogens is 280 g/mol. The lowest BCUT2D eigenvalue weighted by atomic mass is 10.2. The summed E-state index contributed by atoms with van der Waals surface area (Å²) < 4.78 is 32.7. The molecule has 0 saturated heterocycles. The Labute approximate surface area is 118 Å². The molecule has 1 heterocycles. The number of aryl methyl sites for hydroxylation is 1. The topological polar surface area (TPSA) is 96.3 Å².